The lowest BCUT2D eigenvalue weighted by Gasteiger charge is -2.38. The third kappa shape index (κ3) is 2.48. The van der Waals surface area contributed by atoms with E-state index in [0.717, 1.165) is 11.3 Å². The van der Waals surface area contributed by atoms with Crippen molar-refractivity contribution < 1.29 is 0 Å². The van der Waals surface area contributed by atoms with Crippen molar-refractivity contribution in [3.63, 3.8) is 0 Å². The number of quaternary nitrogens is 1. The van der Waals surface area contributed by atoms with Crippen LogP contribution in [0, 0.1) is 5.21 Å². The second-order valence-electron chi connectivity index (χ2n) is 4.08. The van der Waals surface area contributed by atoms with Gasteiger partial charge in [-0.1, -0.05) is 48.5 Å². The summed E-state index contributed by atoms with van der Waals surface area (Å²) in [7, 11) is 1.68. The summed E-state index contributed by atoms with van der Waals surface area (Å²) in [6, 6.07) is 19.3. The summed E-state index contributed by atoms with van der Waals surface area (Å²) < 4.78 is -0.370. The molecule has 0 spiro atoms. The second kappa shape index (κ2) is 4.47. The van der Waals surface area contributed by atoms with Crippen LogP contribution in [0.4, 0.5) is 5.69 Å². The highest BCUT2D eigenvalue weighted by Gasteiger charge is 2.13. The lowest BCUT2D eigenvalue weighted by atomic mass is 10.2. The molecule has 82 valence electrons. The molecule has 0 aliphatic heterocycles. The number of para-hydroxylation sites is 1. The minimum atomic E-state index is -0.370. The molecule has 2 aromatic carbocycles. The Balaban J connectivity index is 2.21. The van der Waals surface area contributed by atoms with Crippen LogP contribution in [0.5, 0.6) is 0 Å². The number of nitrogens with zero attached hydrogens (tertiary/aromatic N) is 1. The van der Waals surface area contributed by atoms with Crippen LogP contribution in [0.15, 0.2) is 60.7 Å². The van der Waals surface area contributed by atoms with Crippen molar-refractivity contribution in [1.29, 1.82) is 0 Å². The maximum absolute atomic E-state index is 12.4. The predicted molar refractivity (Wildman–Crippen MR) is 67.7 cm³/mol. The molecule has 2 rings (SSSR count). The summed E-state index contributed by atoms with van der Waals surface area (Å²) in [5.41, 5.74) is 1.84. The average molecular weight is 213 g/mol. The molecule has 1 atom stereocenters. The lowest BCUT2D eigenvalue weighted by Crippen LogP contribution is -2.37. The number of hydrogen-bond donors (Lipinski definition) is 0. The highest BCUT2D eigenvalue weighted by atomic mass is 16.5. The summed E-state index contributed by atoms with van der Waals surface area (Å²) in [4.78, 5) is 0. The van der Waals surface area contributed by atoms with Crippen molar-refractivity contribution >= 4 is 5.69 Å². The van der Waals surface area contributed by atoms with Crippen molar-refractivity contribution in [1.82, 2.24) is 4.65 Å². The molecule has 0 radical (unpaired) electrons. The maximum atomic E-state index is 12.4. The maximum Gasteiger partial charge on any atom is 0.132 e. The van der Waals surface area contributed by atoms with E-state index in [9.17, 15) is 5.21 Å². The Kier molecular flexibility index (Phi) is 3.04. The Morgan fingerprint density at radius 2 is 1.38 bits per heavy atom. The Morgan fingerprint density at radius 1 is 0.875 bits per heavy atom. The van der Waals surface area contributed by atoms with E-state index in [1.54, 1.807) is 7.05 Å². The van der Waals surface area contributed by atoms with Gasteiger partial charge >= 0.3 is 0 Å². The molecule has 2 nitrogen and oxygen atoms in total. The predicted octanol–water partition coefficient (Wildman–Crippen LogP) is 3.32. The van der Waals surface area contributed by atoms with Gasteiger partial charge in [0.05, 0.1) is 7.05 Å². The van der Waals surface area contributed by atoms with Crippen LogP contribution < -0.4 is 4.65 Å². The van der Waals surface area contributed by atoms with Crippen LogP contribution in [-0.4, -0.2) is 7.05 Å². The average Bonchev–Trinajstić information content (AvgIpc) is 2.31. The van der Waals surface area contributed by atoms with Gasteiger partial charge in [0.1, 0.15) is 12.2 Å². The Bertz CT molecular complexity index is 437. The zero-order chi connectivity index (χ0) is 11.4. The monoisotopic (exact) mass is 213 g/mol. The van der Waals surface area contributed by atoms with Crippen LogP contribution in [-0.2, 0) is 6.54 Å². The summed E-state index contributed by atoms with van der Waals surface area (Å²) in [5.74, 6) is 0. The number of hydroxylamine groups is 2. The van der Waals surface area contributed by atoms with Crippen LogP contribution in [0.25, 0.3) is 0 Å². The van der Waals surface area contributed by atoms with Gasteiger partial charge in [0.2, 0.25) is 0 Å². The third-order valence-corrected chi connectivity index (χ3v) is 2.63. The van der Waals surface area contributed by atoms with E-state index >= 15 is 0 Å². The molecule has 0 fully saturated rings. The molecule has 0 bridgehead atoms. The lowest BCUT2D eigenvalue weighted by molar-refractivity contribution is 0.439. The molecule has 2 heteroatoms. The highest BCUT2D eigenvalue weighted by Crippen LogP contribution is 2.21. The van der Waals surface area contributed by atoms with Crippen molar-refractivity contribution in [2.75, 3.05) is 7.05 Å². The van der Waals surface area contributed by atoms with Gasteiger partial charge < -0.3 is 9.85 Å². The summed E-state index contributed by atoms with van der Waals surface area (Å²) >= 11 is 0. The quantitative estimate of drug-likeness (QED) is 0.566. The molecular formula is C14H15NO. The fourth-order valence-corrected chi connectivity index (χ4v) is 1.77. The van der Waals surface area contributed by atoms with Crippen molar-refractivity contribution in [3.8, 4) is 0 Å². The number of hydrogen-bond acceptors (Lipinski definition) is 1. The third-order valence-electron chi connectivity index (χ3n) is 2.63. The van der Waals surface area contributed by atoms with E-state index in [2.05, 4.69) is 0 Å². The van der Waals surface area contributed by atoms with Gasteiger partial charge in [0.15, 0.2) is 0 Å². The second-order valence-corrected chi connectivity index (χ2v) is 4.08. The van der Waals surface area contributed by atoms with Gasteiger partial charge in [0, 0.05) is 5.56 Å². The van der Waals surface area contributed by atoms with Gasteiger partial charge in [-0.15, -0.1) is 0 Å². The van der Waals surface area contributed by atoms with Crippen LogP contribution in [0.2, 0.25) is 0 Å². The molecule has 0 aliphatic carbocycles. The first-order valence-electron chi connectivity index (χ1n) is 5.34. The van der Waals surface area contributed by atoms with E-state index in [1.807, 2.05) is 60.7 Å². The smallest absolute Gasteiger partial charge is 0.132 e. The van der Waals surface area contributed by atoms with Crippen LogP contribution in [0.3, 0.4) is 0 Å². The summed E-state index contributed by atoms with van der Waals surface area (Å²) in [5, 5.41) is 12.4. The molecule has 16 heavy (non-hydrogen) atoms. The molecule has 0 aromatic heterocycles. The zero-order valence-electron chi connectivity index (χ0n) is 9.34. The first-order valence-corrected chi connectivity index (χ1v) is 5.34. The minimum absolute atomic E-state index is 0.370. The first kappa shape index (κ1) is 10.9. The van der Waals surface area contributed by atoms with Crippen LogP contribution in [0.1, 0.15) is 5.56 Å². The fraction of sp³-hybridized carbons (Fsp3) is 0.143. The van der Waals surface area contributed by atoms with Gasteiger partial charge in [0.25, 0.3) is 0 Å². The van der Waals surface area contributed by atoms with Crippen molar-refractivity contribution in [2.24, 2.45) is 0 Å². The van der Waals surface area contributed by atoms with Crippen LogP contribution >= 0.6 is 0 Å². The van der Waals surface area contributed by atoms with Gasteiger partial charge in [-0.05, 0) is 12.1 Å². The number of benzene rings is 2. The van der Waals surface area contributed by atoms with E-state index in [1.165, 1.54) is 0 Å². The highest BCUT2D eigenvalue weighted by molar-refractivity contribution is 5.43. The Morgan fingerprint density at radius 3 is 1.94 bits per heavy atom. The van der Waals surface area contributed by atoms with E-state index in [-0.39, 0.29) is 4.65 Å². The normalized spacial score (nSPS) is 14.4. The summed E-state index contributed by atoms with van der Waals surface area (Å²) in [6.07, 6.45) is 0. The Labute approximate surface area is 95.9 Å². The van der Waals surface area contributed by atoms with Gasteiger partial charge in [-0.25, -0.2) is 0 Å². The van der Waals surface area contributed by atoms with E-state index in [4.69, 9.17) is 0 Å². The van der Waals surface area contributed by atoms with Crippen molar-refractivity contribution in [2.45, 2.75) is 6.54 Å². The topological polar surface area (TPSA) is 23.1 Å². The largest absolute Gasteiger partial charge is 0.627 e. The molecule has 0 amide bonds. The fourth-order valence-electron chi connectivity index (χ4n) is 1.77. The molecule has 0 saturated carbocycles. The van der Waals surface area contributed by atoms with E-state index < -0.39 is 0 Å². The number of rotatable bonds is 3. The van der Waals surface area contributed by atoms with Gasteiger partial charge in [-0.3, -0.25) is 0 Å². The molecule has 2 aromatic rings. The van der Waals surface area contributed by atoms with Crippen molar-refractivity contribution in [3.05, 3.63) is 71.4 Å². The Hall–Kier alpha value is -1.64. The first-order chi connectivity index (χ1) is 7.68. The molecular weight excluding hydrogens is 198 g/mol. The minimum Gasteiger partial charge on any atom is -0.627 e. The molecule has 0 saturated heterocycles. The molecule has 1 unspecified atom stereocenters. The zero-order valence-corrected chi connectivity index (χ0v) is 9.34. The summed E-state index contributed by atoms with van der Waals surface area (Å²) in [6.45, 7) is 0.463. The SMILES string of the molecule is C[N+]([O-])(Cc1ccccc1)c1ccccc1. The molecule has 0 N–H and O–H groups in total. The molecule has 0 heterocycles. The van der Waals surface area contributed by atoms with E-state index in [0.29, 0.717) is 6.54 Å². The molecule has 0 aliphatic rings. The van der Waals surface area contributed by atoms with Gasteiger partial charge in [-0.2, -0.15) is 0 Å². The standard InChI is InChI=1S/C14H15NO/c1-15(16,14-10-6-3-7-11-14)12-13-8-4-2-5-9-13/h2-11H,12H2,1H3.